The monoisotopic (exact) mass is 337 g/mol. The molecule has 2 bridgehead atoms. The summed E-state index contributed by atoms with van der Waals surface area (Å²) in [5.74, 6) is -2.48. The first-order chi connectivity index (χ1) is 11.1. The van der Waals surface area contributed by atoms with E-state index in [9.17, 15) is 14.7 Å². The van der Waals surface area contributed by atoms with Gasteiger partial charge in [-0.05, 0) is 29.9 Å². The number of fused-ring (bicyclic) bond motifs is 3. The molecule has 0 spiro atoms. The third-order valence-corrected chi connectivity index (χ3v) is 6.09. The van der Waals surface area contributed by atoms with Gasteiger partial charge in [0.1, 0.15) is 6.10 Å². The third-order valence-electron chi connectivity index (χ3n) is 5.10. The van der Waals surface area contributed by atoms with E-state index in [-0.39, 0.29) is 24.2 Å². The first-order valence-electron chi connectivity index (χ1n) is 7.99. The molecule has 7 heteroatoms. The highest BCUT2D eigenvalue weighted by atomic mass is 32.1. The van der Waals surface area contributed by atoms with Crippen LogP contribution in [0.3, 0.4) is 0 Å². The van der Waals surface area contributed by atoms with Gasteiger partial charge in [0.25, 0.3) is 0 Å². The highest BCUT2D eigenvalue weighted by Gasteiger charge is 2.55. The first kappa shape index (κ1) is 15.1. The molecule has 3 unspecified atom stereocenters. The van der Waals surface area contributed by atoms with Crippen LogP contribution in [-0.4, -0.2) is 42.3 Å². The highest BCUT2D eigenvalue weighted by Crippen LogP contribution is 2.43. The van der Waals surface area contributed by atoms with Gasteiger partial charge in [-0.25, -0.2) is 0 Å². The van der Waals surface area contributed by atoms with Gasteiger partial charge in [0, 0.05) is 17.8 Å². The number of hydrogen-bond acceptors (Lipinski definition) is 5. The molecule has 1 aromatic rings. The summed E-state index contributed by atoms with van der Waals surface area (Å²) in [6.07, 6.45) is 1.69. The Bertz CT molecular complexity index is 630. The van der Waals surface area contributed by atoms with E-state index in [1.165, 1.54) is 4.88 Å². The summed E-state index contributed by atoms with van der Waals surface area (Å²) >= 11 is 1.71. The molecule has 2 fully saturated rings. The zero-order valence-corrected chi connectivity index (χ0v) is 13.4. The summed E-state index contributed by atoms with van der Waals surface area (Å²) in [6, 6.07) is 2.04. The maximum atomic E-state index is 12.5. The lowest BCUT2D eigenvalue weighted by Gasteiger charge is -2.27. The molecule has 0 saturated carbocycles. The van der Waals surface area contributed by atoms with Crippen molar-refractivity contribution in [3.05, 3.63) is 21.9 Å². The van der Waals surface area contributed by atoms with E-state index < -0.39 is 17.8 Å². The standard InChI is InChI=1S/C16H19NO5S/c18-15(13-9-1-2-10(22-9)14(13)16(19)20)17-7-11-8-4-6-23-12(8)3-5-21-11/h4,6,9-11,13-14H,1-3,5,7H2,(H,17,18)(H,19,20)/t9-,10+,11?,13?,14?/m0/s1. The normalized spacial score (nSPS) is 35.0. The van der Waals surface area contributed by atoms with Gasteiger partial charge in [-0.1, -0.05) is 0 Å². The quantitative estimate of drug-likeness (QED) is 0.866. The maximum absolute atomic E-state index is 12.5. The SMILES string of the molecule is O=C(NCC1OCCc2sccc21)C1C(C(=O)O)[C@H]2CC[C@@H]1O2. The van der Waals surface area contributed by atoms with Crippen molar-refractivity contribution in [1.82, 2.24) is 5.32 Å². The van der Waals surface area contributed by atoms with Gasteiger partial charge in [-0.3, -0.25) is 9.59 Å². The number of nitrogens with one attached hydrogen (secondary N) is 1. The molecule has 3 aliphatic rings. The Labute approximate surface area is 137 Å². The Morgan fingerprint density at radius 2 is 2.09 bits per heavy atom. The fraction of sp³-hybridized carbons (Fsp3) is 0.625. The number of rotatable bonds is 4. The van der Waals surface area contributed by atoms with Gasteiger partial charge >= 0.3 is 5.97 Å². The lowest BCUT2D eigenvalue weighted by atomic mass is 9.78. The molecule has 23 heavy (non-hydrogen) atoms. The summed E-state index contributed by atoms with van der Waals surface area (Å²) in [7, 11) is 0. The molecule has 0 aromatic carbocycles. The predicted molar refractivity (Wildman–Crippen MR) is 82.2 cm³/mol. The summed E-state index contributed by atoms with van der Waals surface area (Å²) in [5, 5.41) is 14.3. The number of thiophene rings is 1. The highest BCUT2D eigenvalue weighted by molar-refractivity contribution is 7.10. The largest absolute Gasteiger partial charge is 0.481 e. The van der Waals surface area contributed by atoms with Crippen LogP contribution in [0.1, 0.15) is 29.4 Å². The lowest BCUT2D eigenvalue weighted by molar-refractivity contribution is -0.148. The average molecular weight is 337 g/mol. The Morgan fingerprint density at radius 3 is 2.87 bits per heavy atom. The van der Waals surface area contributed by atoms with Crippen molar-refractivity contribution >= 4 is 23.2 Å². The minimum absolute atomic E-state index is 0.142. The number of amides is 1. The van der Waals surface area contributed by atoms with Gasteiger partial charge in [-0.15, -0.1) is 11.3 Å². The van der Waals surface area contributed by atoms with E-state index in [2.05, 4.69) is 5.32 Å². The molecule has 0 aliphatic carbocycles. The average Bonchev–Trinajstić information content (AvgIpc) is 3.26. The van der Waals surface area contributed by atoms with Crippen molar-refractivity contribution in [2.24, 2.45) is 11.8 Å². The van der Waals surface area contributed by atoms with Crippen LogP contribution in [0.2, 0.25) is 0 Å². The zero-order chi connectivity index (χ0) is 16.0. The predicted octanol–water partition coefficient (Wildman–Crippen LogP) is 1.36. The van der Waals surface area contributed by atoms with Gasteiger partial charge in [-0.2, -0.15) is 0 Å². The zero-order valence-electron chi connectivity index (χ0n) is 12.6. The first-order valence-corrected chi connectivity index (χ1v) is 8.87. The number of carbonyl (C=O) groups is 2. The minimum atomic E-state index is -0.939. The van der Waals surface area contributed by atoms with Crippen LogP contribution in [0.4, 0.5) is 0 Å². The molecule has 2 N–H and O–H groups in total. The fourth-order valence-electron chi connectivity index (χ4n) is 4.03. The lowest BCUT2D eigenvalue weighted by Crippen LogP contribution is -2.45. The van der Waals surface area contributed by atoms with Gasteiger partial charge in [0.05, 0.1) is 30.7 Å². The maximum Gasteiger partial charge on any atom is 0.310 e. The second-order valence-corrected chi connectivity index (χ2v) is 7.33. The van der Waals surface area contributed by atoms with E-state index in [0.29, 0.717) is 13.2 Å². The number of aliphatic carboxylic acids is 1. The topological polar surface area (TPSA) is 84.9 Å². The Kier molecular flexibility index (Phi) is 3.87. The van der Waals surface area contributed by atoms with Crippen LogP contribution in [0.5, 0.6) is 0 Å². The summed E-state index contributed by atoms with van der Waals surface area (Å²) in [4.78, 5) is 25.3. The molecule has 4 heterocycles. The molecule has 5 atom stereocenters. The summed E-state index contributed by atoms with van der Waals surface area (Å²) in [6.45, 7) is 1.03. The summed E-state index contributed by atoms with van der Waals surface area (Å²) in [5.41, 5.74) is 1.14. The Balaban J connectivity index is 1.42. The third kappa shape index (κ3) is 2.56. The summed E-state index contributed by atoms with van der Waals surface area (Å²) < 4.78 is 11.4. The smallest absolute Gasteiger partial charge is 0.310 e. The molecular weight excluding hydrogens is 318 g/mol. The van der Waals surface area contributed by atoms with Crippen molar-refractivity contribution in [1.29, 1.82) is 0 Å². The van der Waals surface area contributed by atoms with Crippen molar-refractivity contribution in [3.8, 4) is 0 Å². The Morgan fingerprint density at radius 1 is 1.30 bits per heavy atom. The van der Waals surface area contributed by atoms with E-state index in [4.69, 9.17) is 9.47 Å². The van der Waals surface area contributed by atoms with Gasteiger partial charge < -0.3 is 19.9 Å². The van der Waals surface area contributed by atoms with Gasteiger partial charge in [0.2, 0.25) is 5.91 Å². The number of ether oxygens (including phenoxy) is 2. The van der Waals surface area contributed by atoms with Crippen LogP contribution in [0, 0.1) is 11.8 Å². The minimum Gasteiger partial charge on any atom is -0.481 e. The molecule has 3 aliphatic heterocycles. The number of carboxylic acid groups (broad SMARTS) is 1. The van der Waals surface area contributed by atoms with E-state index in [0.717, 1.165) is 24.8 Å². The molecule has 4 rings (SSSR count). The molecule has 0 radical (unpaired) electrons. The molecule has 1 amide bonds. The Hall–Kier alpha value is -1.44. The van der Waals surface area contributed by atoms with E-state index in [1.807, 2.05) is 11.4 Å². The van der Waals surface area contributed by atoms with E-state index >= 15 is 0 Å². The van der Waals surface area contributed by atoms with Crippen molar-refractivity contribution in [3.63, 3.8) is 0 Å². The second kappa shape index (κ2) is 5.89. The van der Waals surface area contributed by atoms with E-state index in [1.54, 1.807) is 11.3 Å². The van der Waals surface area contributed by atoms with Crippen molar-refractivity contribution in [2.45, 2.75) is 37.6 Å². The van der Waals surface area contributed by atoms with Crippen LogP contribution >= 0.6 is 11.3 Å². The van der Waals surface area contributed by atoms with Gasteiger partial charge in [0.15, 0.2) is 0 Å². The second-order valence-electron chi connectivity index (χ2n) is 6.33. The fourth-order valence-corrected chi connectivity index (χ4v) is 4.94. The number of carbonyl (C=O) groups excluding carboxylic acids is 1. The van der Waals surface area contributed by atoms with Crippen molar-refractivity contribution < 1.29 is 24.2 Å². The number of carboxylic acids is 1. The van der Waals surface area contributed by atoms with Crippen molar-refractivity contribution in [2.75, 3.05) is 13.2 Å². The molecular formula is C16H19NO5S. The molecule has 2 saturated heterocycles. The van der Waals surface area contributed by atoms with Crippen LogP contribution < -0.4 is 5.32 Å². The molecule has 1 aromatic heterocycles. The van der Waals surface area contributed by atoms with Crippen LogP contribution in [0.25, 0.3) is 0 Å². The molecule has 6 nitrogen and oxygen atoms in total. The molecule has 124 valence electrons. The van der Waals surface area contributed by atoms with Crippen LogP contribution in [0.15, 0.2) is 11.4 Å². The number of hydrogen-bond donors (Lipinski definition) is 2. The van der Waals surface area contributed by atoms with Crippen LogP contribution in [-0.2, 0) is 25.5 Å².